The molecule has 0 amide bonds. The number of aryl methyl sites for hydroxylation is 3. The van der Waals surface area contributed by atoms with Crippen molar-refractivity contribution < 1.29 is 25.3 Å². The van der Waals surface area contributed by atoms with Gasteiger partial charge in [0.1, 0.15) is 0 Å². The average Bonchev–Trinajstić information content (AvgIpc) is 0.861. The number of sulfonamides is 2. The Morgan fingerprint density at radius 1 is 0.340 bits per heavy atom. The van der Waals surface area contributed by atoms with Crippen LogP contribution in [-0.2, 0) is 50.8 Å². The van der Waals surface area contributed by atoms with Gasteiger partial charge in [0.25, 0.3) is 29.1 Å². The molecule has 0 bridgehead atoms. The summed E-state index contributed by atoms with van der Waals surface area (Å²) in [6.07, 6.45) is 0. The first kappa shape index (κ1) is 79.5. The molecular weight excluding hydrogens is 1510 g/mol. The van der Waals surface area contributed by atoms with E-state index in [4.69, 9.17) is 22.1 Å². The zero-order valence-electron chi connectivity index (χ0n) is 58.5. The Hall–Kier alpha value is -7.82. The van der Waals surface area contributed by atoms with Crippen LogP contribution in [0.5, 0.6) is 0 Å². The minimum atomic E-state index is -3.83. The summed E-state index contributed by atoms with van der Waals surface area (Å²) in [6, 6.07) is 54.9. The highest BCUT2D eigenvalue weighted by atomic mass is 79.9. The van der Waals surface area contributed by atoms with E-state index in [2.05, 4.69) is 196 Å². The summed E-state index contributed by atoms with van der Waals surface area (Å²) in [5.74, 6) is 25.7. The van der Waals surface area contributed by atoms with E-state index in [9.17, 15) is 25.3 Å². The Bertz CT molecular complexity index is 4930. The second kappa shape index (κ2) is 33.3. The number of nitrogen functional groups attached to an aromatic ring is 2. The van der Waals surface area contributed by atoms with E-state index in [0.717, 1.165) is 58.5 Å². The summed E-state index contributed by atoms with van der Waals surface area (Å²) in [7, 11) is -6.13. The van der Waals surface area contributed by atoms with Gasteiger partial charge in [0.15, 0.2) is 0 Å². The second-order valence-electron chi connectivity index (χ2n) is 27.6. The molecular formula is C81H81Br2ClN4O6S6. The molecule has 0 atom stereocenters. The lowest BCUT2D eigenvalue weighted by Crippen LogP contribution is -2.15. The molecule has 0 fully saturated rings. The van der Waals surface area contributed by atoms with E-state index < -0.39 is 29.1 Å². The lowest BCUT2D eigenvalue weighted by Gasteiger charge is -2.20. The third-order valence-electron chi connectivity index (χ3n) is 15.1. The normalized spacial score (nSPS) is 11.5. The van der Waals surface area contributed by atoms with Crippen LogP contribution in [0.4, 0.5) is 22.7 Å². The fraction of sp³-hybridized carbons (Fsp3) is 0.235. The highest BCUT2D eigenvalue weighted by Gasteiger charge is 2.22. The predicted octanol–water partition coefficient (Wildman–Crippen LogP) is 20.9. The fourth-order valence-electron chi connectivity index (χ4n) is 8.96. The Labute approximate surface area is 626 Å². The van der Waals surface area contributed by atoms with E-state index in [1.54, 1.807) is 95.5 Å². The molecule has 0 aliphatic carbocycles. The number of rotatable bonds is 7. The van der Waals surface area contributed by atoms with Crippen molar-refractivity contribution in [2.45, 2.75) is 140 Å². The van der Waals surface area contributed by atoms with Gasteiger partial charge in [-0.25, -0.2) is 25.3 Å². The van der Waals surface area contributed by atoms with Crippen LogP contribution < -0.4 is 20.9 Å². The van der Waals surface area contributed by atoms with Crippen LogP contribution in [0.2, 0.25) is 0 Å². The molecule has 0 saturated heterocycles. The second-order valence-corrected chi connectivity index (χ2v) is 39.5. The van der Waals surface area contributed by atoms with Crippen LogP contribution in [0.1, 0.15) is 164 Å². The lowest BCUT2D eigenvalue weighted by atomic mass is 9.86. The summed E-state index contributed by atoms with van der Waals surface area (Å²) in [5, 5.41) is 0. The predicted molar refractivity (Wildman–Crippen MR) is 430 cm³/mol. The molecule has 3 aromatic heterocycles. The molecule has 10 aromatic rings. The molecule has 100 heavy (non-hydrogen) atoms. The van der Waals surface area contributed by atoms with E-state index >= 15 is 0 Å². The number of halogens is 3. The standard InChI is InChI=1S/C42H42N2O4S3.C28H30N2S.C7H7ClO2S.C4H2Br2S/c1-29-9-21-37(22-10-29)50(45,46)43-39-25-15-33(41(3,4)5)27-31(39)13-17-35-19-20-36(49-35)18-14-32-28-34(42(6,7)8)16-26-40(32)44-51(47,48)38-23-11-30(2)12-24-38;1-27(2,3)21-9-15-25(29)19(17-21)7-11-23-13-14-24(31-23)12-8-20-18-22(28(4,5)6)10-16-26(20)30;1-6-2-4-7(5-3-6)11(8,9)10;5-3-1-2-4(6)7-3/h9-12,15-16,19-28,43-44H,1-8H3;9-10,13-18H,29-30H2,1-6H3;2-5H,1H3;1-2H. The molecule has 10 nitrogen and oxygen atoms in total. The van der Waals surface area contributed by atoms with Crippen molar-refractivity contribution in [3.05, 3.63) is 270 Å². The molecule has 0 aliphatic heterocycles. The van der Waals surface area contributed by atoms with Crippen molar-refractivity contribution in [2.75, 3.05) is 20.9 Å². The molecule has 19 heteroatoms. The Morgan fingerprint density at radius 2 is 0.600 bits per heavy atom. The van der Waals surface area contributed by atoms with Gasteiger partial charge in [0.2, 0.25) is 0 Å². The van der Waals surface area contributed by atoms with E-state index in [1.165, 1.54) is 42.2 Å². The van der Waals surface area contributed by atoms with Crippen LogP contribution in [0.15, 0.2) is 204 Å². The molecule has 0 spiro atoms. The van der Waals surface area contributed by atoms with E-state index in [0.29, 0.717) is 33.9 Å². The molecule has 6 N–H and O–H groups in total. The van der Waals surface area contributed by atoms with Gasteiger partial charge in [0, 0.05) is 44.3 Å². The highest BCUT2D eigenvalue weighted by molar-refractivity contribution is 9.12. The first-order valence-electron chi connectivity index (χ1n) is 31.5. The minimum Gasteiger partial charge on any atom is -0.398 e. The molecule has 0 unspecified atom stereocenters. The van der Waals surface area contributed by atoms with Crippen LogP contribution in [0.3, 0.4) is 0 Å². The lowest BCUT2D eigenvalue weighted by molar-refractivity contribution is 0.590. The van der Waals surface area contributed by atoms with Crippen molar-refractivity contribution in [2.24, 2.45) is 0 Å². The fourth-order valence-corrected chi connectivity index (χ4v) is 15.7. The van der Waals surface area contributed by atoms with Gasteiger partial charge in [-0.1, -0.05) is 208 Å². The first-order chi connectivity index (χ1) is 46.5. The summed E-state index contributed by atoms with van der Waals surface area (Å²) >= 11 is 11.3. The first-order valence-corrected chi connectivity index (χ1v) is 40.8. The van der Waals surface area contributed by atoms with Gasteiger partial charge >= 0.3 is 0 Å². The van der Waals surface area contributed by atoms with Crippen molar-refractivity contribution in [1.29, 1.82) is 0 Å². The average molecular weight is 1590 g/mol. The van der Waals surface area contributed by atoms with Gasteiger partial charge in [-0.05, 0) is 218 Å². The van der Waals surface area contributed by atoms with Gasteiger partial charge < -0.3 is 11.5 Å². The summed E-state index contributed by atoms with van der Waals surface area (Å²) < 4.78 is 82.3. The maximum absolute atomic E-state index is 13.3. The number of nitrogens with one attached hydrogen (secondary N) is 2. The SMILES string of the molecule is Brc1ccc(Br)s1.CC(C)(C)c1ccc(N)c(C#Cc2ccc(C#Cc3cc(C(C)(C)C)ccc3N)s2)c1.Cc1ccc(S(=O)(=O)Cl)cc1.Cc1ccc(S(=O)(=O)Nc2ccc(C(C)(C)C)cc2C#Cc2ccc(C#Cc3cc(C(C)(C)C)ccc3NS(=O)(=O)c3ccc(C)cc3)s2)cc1. The van der Waals surface area contributed by atoms with Crippen molar-refractivity contribution in [3.63, 3.8) is 0 Å². The Kier molecular flexibility index (Phi) is 26.5. The van der Waals surface area contributed by atoms with Gasteiger partial charge in [-0.3, -0.25) is 9.44 Å². The number of hydrogen-bond acceptors (Lipinski definition) is 11. The summed E-state index contributed by atoms with van der Waals surface area (Å²) in [5.41, 5.74) is 24.5. The van der Waals surface area contributed by atoms with Gasteiger partial charge in [-0.2, -0.15) is 0 Å². The highest BCUT2D eigenvalue weighted by Crippen LogP contribution is 2.33. The minimum absolute atomic E-state index is 0.0575. The zero-order valence-corrected chi connectivity index (χ0v) is 67.3. The van der Waals surface area contributed by atoms with Gasteiger partial charge in [0.05, 0.1) is 53.1 Å². The van der Waals surface area contributed by atoms with Crippen LogP contribution >= 0.6 is 76.6 Å². The van der Waals surface area contributed by atoms with Gasteiger partial charge in [-0.15, -0.1) is 34.0 Å². The maximum Gasteiger partial charge on any atom is 0.261 e. The number of hydrogen-bond donors (Lipinski definition) is 4. The zero-order chi connectivity index (χ0) is 73.8. The molecule has 7 aromatic carbocycles. The van der Waals surface area contributed by atoms with Crippen LogP contribution in [-0.4, -0.2) is 25.3 Å². The molecule has 10 rings (SSSR count). The van der Waals surface area contributed by atoms with Crippen molar-refractivity contribution in [1.82, 2.24) is 0 Å². The third-order valence-corrected chi connectivity index (χ3v) is 23.2. The summed E-state index contributed by atoms with van der Waals surface area (Å²) in [4.78, 5) is 3.90. The molecule has 3 heterocycles. The Balaban J connectivity index is 0.000000238. The van der Waals surface area contributed by atoms with Crippen molar-refractivity contribution in [3.8, 4) is 47.4 Å². The molecule has 518 valence electrons. The number of nitrogens with two attached hydrogens (primary N) is 2. The topological polar surface area (TPSA) is 179 Å². The van der Waals surface area contributed by atoms with E-state index in [-0.39, 0.29) is 36.3 Å². The molecule has 0 radical (unpaired) electrons. The third kappa shape index (κ3) is 23.9. The monoisotopic (exact) mass is 1590 g/mol. The number of anilines is 4. The van der Waals surface area contributed by atoms with Crippen LogP contribution in [0, 0.1) is 68.1 Å². The molecule has 0 saturated carbocycles. The maximum atomic E-state index is 13.3. The quantitative estimate of drug-likeness (QED) is 0.0692. The van der Waals surface area contributed by atoms with Crippen LogP contribution in [0.25, 0.3) is 0 Å². The Morgan fingerprint density at radius 3 is 0.860 bits per heavy atom. The largest absolute Gasteiger partial charge is 0.398 e. The summed E-state index contributed by atoms with van der Waals surface area (Å²) in [6.45, 7) is 31.4. The molecule has 0 aliphatic rings. The smallest absolute Gasteiger partial charge is 0.261 e. The van der Waals surface area contributed by atoms with Crippen molar-refractivity contribution >= 4 is 128 Å². The van der Waals surface area contributed by atoms with E-state index in [1.807, 2.05) is 93.6 Å². The number of benzene rings is 7. The number of thiophene rings is 3.